The lowest BCUT2D eigenvalue weighted by atomic mass is 10.0. The average Bonchev–Trinajstić information content (AvgIpc) is 2.45. The summed E-state index contributed by atoms with van der Waals surface area (Å²) >= 11 is 5.98. The molecule has 0 bridgehead atoms. The molecule has 1 saturated heterocycles. The second-order valence-electron chi connectivity index (χ2n) is 3.91. The first-order valence-corrected chi connectivity index (χ1v) is 5.73. The first-order valence-electron chi connectivity index (χ1n) is 5.35. The van der Waals surface area contributed by atoms with E-state index >= 15 is 0 Å². The van der Waals surface area contributed by atoms with Crippen molar-refractivity contribution in [1.82, 2.24) is 5.32 Å². The van der Waals surface area contributed by atoms with Crippen LogP contribution in [0.4, 0.5) is 0 Å². The topological polar surface area (TPSA) is 12.0 Å². The third kappa shape index (κ3) is 2.49. The smallest absolute Gasteiger partial charge is 0.0409 e. The fourth-order valence-corrected chi connectivity index (χ4v) is 2.24. The highest BCUT2D eigenvalue weighted by Crippen LogP contribution is 2.24. The molecule has 0 radical (unpaired) electrons. The second-order valence-corrected chi connectivity index (χ2v) is 4.35. The van der Waals surface area contributed by atoms with Crippen LogP contribution in [0.2, 0.25) is 5.02 Å². The Kier molecular flexibility index (Phi) is 3.44. The van der Waals surface area contributed by atoms with Crippen molar-refractivity contribution in [2.24, 2.45) is 0 Å². The van der Waals surface area contributed by atoms with E-state index in [-0.39, 0.29) is 0 Å². The maximum atomic E-state index is 5.98. The third-order valence-corrected chi connectivity index (χ3v) is 3.05. The number of rotatable bonds is 1. The summed E-state index contributed by atoms with van der Waals surface area (Å²) in [5, 5.41) is 4.41. The number of nitrogens with one attached hydrogen (secondary N) is 1. The highest BCUT2D eigenvalue weighted by Gasteiger charge is 2.13. The van der Waals surface area contributed by atoms with E-state index in [1.807, 2.05) is 12.1 Å². The molecule has 0 amide bonds. The Morgan fingerprint density at radius 3 is 3.00 bits per heavy atom. The van der Waals surface area contributed by atoms with Gasteiger partial charge in [-0.05, 0) is 37.1 Å². The van der Waals surface area contributed by atoms with Gasteiger partial charge in [0.15, 0.2) is 0 Å². The number of hydrogen-bond donors (Lipinski definition) is 1. The zero-order valence-electron chi connectivity index (χ0n) is 8.30. The standard InChI is InChI=1S/C12H16ClN/c13-11-6-4-5-10(9-11)12-7-2-1-3-8-14-12/h4-6,9,12,14H,1-3,7-8H2/t12-/m0/s1. The van der Waals surface area contributed by atoms with Gasteiger partial charge in [-0.1, -0.05) is 36.6 Å². The molecule has 1 fully saturated rings. The second kappa shape index (κ2) is 4.81. The molecule has 0 saturated carbocycles. The van der Waals surface area contributed by atoms with Crippen LogP contribution in [-0.4, -0.2) is 6.54 Å². The van der Waals surface area contributed by atoms with Gasteiger partial charge in [0, 0.05) is 11.1 Å². The maximum absolute atomic E-state index is 5.98. The van der Waals surface area contributed by atoms with E-state index in [1.165, 1.54) is 31.2 Å². The van der Waals surface area contributed by atoms with Gasteiger partial charge in [0.25, 0.3) is 0 Å². The minimum Gasteiger partial charge on any atom is -0.310 e. The molecule has 0 spiro atoms. The molecule has 0 aliphatic carbocycles. The Bertz CT molecular complexity index is 290. The summed E-state index contributed by atoms with van der Waals surface area (Å²) in [6.07, 6.45) is 5.21. The van der Waals surface area contributed by atoms with Crippen molar-refractivity contribution in [1.29, 1.82) is 0 Å². The van der Waals surface area contributed by atoms with E-state index in [4.69, 9.17) is 11.6 Å². The predicted molar refractivity (Wildman–Crippen MR) is 60.7 cm³/mol. The Morgan fingerprint density at radius 2 is 2.14 bits per heavy atom. The van der Waals surface area contributed by atoms with E-state index < -0.39 is 0 Å². The zero-order chi connectivity index (χ0) is 9.80. The van der Waals surface area contributed by atoms with Crippen molar-refractivity contribution in [2.45, 2.75) is 31.7 Å². The Balaban J connectivity index is 2.12. The molecule has 76 valence electrons. The number of benzene rings is 1. The Morgan fingerprint density at radius 1 is 1.21 bits per heavy atom. The molecule has 1 aromatic carbocycles. The van der Waals surface area contributed by atoms with Crippen LogP contribution in [0.5, 0.6) is 0 Å². The summed E-state index contributed by atoms with van der Waals surface area (Å²) in [4.78, 5) is 0. The Hall–Kier alpha value is -0.530. The SMILES string of the molecule is Clc1cccc([C@@H]2CCCCCN2)c1. The average molecular weight is 210 g/mol. The third-order valence-electron chi connectivity index (χ3n) is 2.81. The van der Waals surface area contributed by atoms with Gasteiger partial charge in [-0.3, -0.25) is 0 Å². The van der Waals surface area contributed by atoms with Crippen molar-refractivity contribution in [3.63, 3.8) is 0 Å². The summed E-state index contributed by atoms with van der Waals surface area (Å²) in [6.45, 7) is 1.14. The molecule has 2 rings (SSSR count). The number of hydrogen-bond acceptors (Lipinski definition) is 1. The van der Waals surface area contributed by atoms with E-state index in [0.29, 0.717) is 6.04 Å². The molecular formula is C12H16ClN. The first-order chi connectivity index (χ1) is 6.86. The first kappa shape index (κ1) is 10.0. The van der Waals surface area contributed by atoms with Crippen molar-refractivity contribution in [2.75, 3.05) is 6.54 Å². The lowest BCUT2D eigenvalue weighted by Gasteiger charge is -2.16. The van der Waals surface area contributed by atoms with Crippen molar-refractivity contribution >= 4 is 11.6 Å². The van der Waals surface area contributed by atoms with Crippen molar-refractivity contribution in [3.05, 3.63) is 34.9 Å². The molecule has 1 nitrogen and oxygen atoms in total. The molecule has 14 heavy (non-hydrogen) atoms. The molecular weight excluding hydrogens is 194 g/mol. The fourth-order valence-electron chi connectivity index (χ4n) is 2.04. The molecule has 1 atom stereocenters. The monoisotopic (exact) mass is 209 g/mol. The molecule has 0 aromatic heterocycles. The molecule has 2 heteroatoms. The minimum atomic E-state index is 0.510. The quantitative estimate of drug-likeness (QED) is 0.746. The van der Waals surface area contributed by atoms with Gasteiger partial charge in [0.05, 0.1) is 0 Å². The molecule has 0 unspecified atom stereocenters. The predicted octanol–water partition coefficient (Wildman–Crippen LogP) is 3.54. The minimum absolute atomic E-state index is 0.510. The molecule has 1 aromatic rings. The normalized spacial score (nSPS) is 23.1. The summed E-state index contributed by atoms with van der Waals surface area (Å²) < 4.78 is 0. The number of halogens is 1. The van der Waals surface area contributed by atoms with Crippen molar-refractivity contribution in [3.8, 4) is 0 Å². The Labute approximate surface area is 90.5 Å². The van der Waals surface area contributed by atoms with E-state index in [2.05, 4.69) is 17.4 Å². The van der Waals surface area contributed by atoms with Crippen LogP contribution in [-0.2, 0) is 0 Å². The van der Waals surface area contributed by atoms with Gasteiger partial charge >= 0.3 is 0 Å². The summed E-state index contributed by atoms with van der Waals surface area (Å²) in [5.74, 6) is 0. The summed E-state index contributed by atoms with van der Waals surface area (Å²) in [5.41, 5.74) is 1.33. The van der Waals surface area contributed by atoms with Gasteiger partial charge < -0.3 is 5.32 Å². The highest BCUT2D eigenvalue weighted by atomic mass is 35.5. The van der Waals surface area contributed by atoms with Gasteiger partial charge in [-0.2, -0.15) is 0 Å². The van der Waals surface area contributed by atoms with Gasteiger partial charge in [-0.25, -0.2) is 0 Å². The summed E-state index contributed by atoms with van der Waals surface area (Å²) in [6, 6.07) is 8.71. The van der Waals surface area contributed by atoms with Crippen LogP contribution in [0.15, 0.2) is 24.3 Å². The van der Waals surface area contributed by atoms with Gasteiger partial charge in [-0.15, -0.1) is 0 Å². The van der Waals surface area contributed by atoms with Crippen LogP contribution in [0.3, 0.4) is 0 Å². The van der Waals surface area contributed by atoms with Gasteiger partial charge in [0.1, 0.15) is 0 Å². The summed E-state index contributed by atoms with van der Waals surface area (Å²) in [7, 11) is 0. The van der Waals surface area contributed by atoms with Crippen molar-refractivity contribution < 1.29 is 0 Å². The van der Waals surface area contributed by atoms with Crippen LogP contribution in [0, 0.1) is 0 Å². The van der Waals surface area contributed by atoms with E-state index in [9.17, 15) is 0 Å². The van der Waals surface area contributed by atoms with E-state index in [1.54, 1.807) is 0 Å². The fraction of sp³-hybridized carbons (Fsp3) is 0.500. The molecule has 1 aliphatic heterocycles. The molecule has 1 heterocycles. The van der Waals surface area contributed by atoms with Crippen LogP contribution < -0.4 is 5.32 Å². The molecule has 1 aliphatic rings. The van der Waals surface area contributed by atoms with Gasteiger partial charge in [0.2, 0.25) is 0 Å². The van der Waals surface area contributed by atoms with Crippen LogP contribution in [0.25, 0.3) is 0 Å². The van der Waals surface area contributed by atoms with Crippen LogP contribution in [0.1, 0.15) is 37.3 Å². The molecule has 1 N–H and O–H groups in total. The lowest BCUT2D eigenvalue weighted by molar-refractivity contribution is 0.535. The van der Waals surface area contributed by atoms with Crippen LogP contribution >= 0.6 is 11.6 Å². The lowest BCUT2D eigenvalue weighted by Crippen LogP contribution is -2.20. The maximum Gasteiger partial charge on any atom is 0.0409 e. The highest BCUT2D eigenvalue weighted by molar-refractivity contribution is 6.30. The van der Waals surface area contributed by atoms with E-state index in [0.717, 1.165) is 11.6 Å². The largest absolute Gasteiger partial charge is 0.310 e. The zero-order valence-corrected chi connectivity index (χ0v) is 9.06.